The number of anilines is 1. The average molecular weight is 331 g/mol. The summed E-state index contributed by atoms with van der Waals surface area (Å²) >= 11 is 0. The Kier molecular flexibility index (Phi) is 4.27. The molecule has 0 aliphatic rings. The second-order valence-corrected chi connectivity index (χ2v) is 5.68. The number of benzene rings is 2. The predicted molar refractivity (Wildman–Crippen MR) is 97.2 cm³/mol. The topological polar surface area (TPSA) is 92.2 Å². The Bertz CT molecular complexity index is 973. The Balaban J connectivity index is 2.21. The van der Waals surface area contributed by atoms with Crippen molar-refractivity contribution < 1.29 is 9.84 Å². The number of nitrogens with zero attached hydrogens (tertiary/aromatic N) is 2. The molecule has 3 aromatic rings. The summed E-state index contributed by atoms with van der Waals surface area (Å²) < 4.78 is 5.16. The highest BCUT2D eigenvalue weighted by Gasteiger charge is 2.15. The molecule has 0 fully saturated rings. The molecule has 0 aliphatic carbocycles. The molecule has 124 valence electrons. The van der Waals surface area contributed by atoms with E-state index in [1.807, 2.05) is 37.3 Å². The molecule has 0 saturated carbocycles. The van der Waals surface area contributed by atoms with Gasteiger partial charge >= 0.3 is 0 Å². The van der Waals surface area contributed by atoms with Crippen molar-refractivity contribution in [1.29, 1.82) is 5.26 Å². The molecule has 5 nitrogen and oxygen atoms in total. The Morgan fingerprint density at radius 3 is 2.40 bits per heavy atom. The lowest BCUT2D eigenvalue weighted by molar-refractivity contribution is 0.373. The van der Waals surface area contributed by atoms with Gasteiger partial charge in [-0.25, -0.2) is 4.98 Å². The van der Waals surface area contributed by atoms with Gasteiger partial charge in [0.05, 0.1) is 12.8 Å². The summed E-state index contributed by atoms with van der Waals surface area (Å²) in [6, 6.07) is 16.8. The molecule has 0 spiro atoms. The molecule has 25 heavy (non-hydrogen) atoms. The van der Waals surface area contributed by atoms with Crippen LogP contribution in [0.5, 0.6) is 11.5 Å². The predicted octanol–water partition coefficient (Wildman–Crippen LogP) is 3.89. The fraction of sp³-hybridized carbons (Fsp3) is 0.100. The standard InChI is InChI=1S/C20H17N3O2/c1-12-3-5-13(6-4-12)17-10-15(16(11-21)20(22)23-17)14-7-8-18(24)19(9-14)25-2/h3-10,24H,1-2H3,(H2,22,23). The fourth-order valence-electron chi connectivity index (χ4n) is 2.63. The second kappa shape index (κ2) is 6.54. The molecular weight excluding hydrogens is 314 g/mol. The monoisotopic (exact) mass is 331 g/mol. The third-order valence-electron chi connectivity index (χ3n) is 4.00. The summed E-state index contributed by atoms with van der Waals surface area (Å²) in [7, 11) is 1.47. The van der Waals surface area contributed by atoms with Gasteiger partial charge in [-0.1, -0.05) is 35.9 Å². The molecule has 0 atom stereocenters. The van der Waals surface area contributed by atoms with E-state index in [1.54, 1.807) is 12.1 Å². The number of nitrogens with two attached hydrogens (primary N) is 1. The van der Waals surface area contributed by atoms with Crippen LogP contribution in [0.3, 0.4) is 0 Å². The number of phenols is 1. The maximum atomic E-state index is 9.79. The zero-order chi connectivity index (χ0) is 18.0. The lowest BCUT2D eigenvalue weighted by Crippen LogP contribution is -2.00. The highest BCUT2D eigenvalue weighted by molar-refractivity contribution is 5.81. The zero-order valence-corrected chi connectivity index (χ0v) is 13.9. The molecule has 0 bridgehead atoms. The second-order valence-electron chi connectivity index (χ2n) is 5.68. The number of phenolic OH excluding ortho intramolecular Hbond substituents is 1. The van der Waals surface area contributed by atoms with Crippen LogP contribution in [0.25, 0.3) is 22.4 Å². The van der Waals surface area contributed by atoms with Gasteiger partial charge in [-0.05, 0) is 30.7 Å². The van der Waals surface area contributed by atoms with E-state index in [2.05, 4.69) is 11.1 Å². The van der Waals surface area contributed by atoms with Crippen LogP contribution in [0.4, 0.5) is 5.82 Å². The Morgan fingerprint density at radius 1 is 1.08 bits per heavy atom. The van der Waals surface area contributed by atoms with Crippen LogP contribution in [0.15, 0.2) is 48.5 Å². The van der Waals surface area contributed by atoms with E-state index in [-0.39, 0.29) is 11.6 Å². The van der Waals surface area contributed by atoms with Crippen molar-refractivity contribution in [2.45, 2.75) is 6.92 Å². The number of rotatable bonds is 3. The number of aromatic hydroxyl groups is 1. The van der Waals surface area contributed by atoms with Gasteiger partial charge in [-0.2, -0.15) is 5.26 Å². The molecular formula is C20H17N3O2. The molecule has 0 amide bonds. The van der Waals surface area contributed by atoms with Gasteiger partial charge in [0.25, 0.3) is 0 Å². The molecule has 0 radical (unpaired) electrons. The number of nitriles is 1. The average Bonchev–Trinajstić information content (AvgIpc) is 2.62. The number of hydrogen-bond donors (Lipinski definition) is 2. The van der Waals surface area contributed by atoms with Crippen molar-refractivity contribution in [3.63, 3.8) is 0 Å². The summed E-state index contributed by atoms with van der Waals surface area (Å²) in [5.74, 6) is 0.529. The zero-order valence-electron chi connectivity index (χ0n) is 13.9. The number of hydrogen-bond acceptors (Lipinski definition) is 5. The largest absolute Gasteiger partial charge is 0.504 e. The van der Waals surface area contributed by atoms with E-state index < -0.39 is 0 Å². The van der Waals surface area contributed by atoms with Crippen LogP contribution in [-0.2, 0) is 0 Å². The van der Waals surface area contributed by atoms with Crippen molar-refractivity contribution in [3.05, 3.63) is 59.7 Å². The third kappa shape index (κ3) is 3.10. The lowest BCUT2D eigenvalue weighted by atomic mass is 9.98. The van der Waals surface area contributed by atoms with E-state index >= 15 is 0 Å². The summed E-state index contributed by atoms with van der Waals surface area (Å²) in [6.07, 6.45) is 0. The van der Waals surface area contributed by atoms with Crippen molar-refractivity contribution in [2.24, 2.45) is 0 Å². The van der Waals surface area contributed by atoms with Crippen LogP contribution in [0.2, 0.25) is 0 Å². The van der Waals surface area contributed by atoms with Crippen LogP contribution < -0.4 is 10.5 Å². The van der Waals surface area contributed by atoms with Crippen LogP contribution in [0, 0.1) is 18.3 Å². The highest BCUT2D eigenvalue weighted by atomic mass is 16.5. The van der Waals surface area contributed by atoms with E-state index in [4.69, 9.17) is 10.5 Å². The lowest BCUT2D eigenvalue weighted by Gasteiger charge is -2.12. The third-order valence-corrected chi connectivity index (χ3v) is 4.00. The minimum atomic E-state index is 0.0329. The van der Waals surface area contributed by atoms with E-state index in [1.165, 1.54) is 13.2 Å². The van der Waals surface area contributed by atoms with Gasteiger partial charge in [-0.15, -0.1) is 0 Å². The number of pyridine rings is 1. The Hall–Kier alpha value is -3.52. The molecule has 3 rings (SSSR count). The number of methoxy groups -OCH3 is 1. The quantitative estimate of drug-likeness (QED) is 0.759. The minimum Gasteiger partial charge on any atom is -0.504 e. The van der Waals surface area contributed by atoms with Crippen molar-refractivity contribution >= 4 is 5.82 Å². The smallest absolute Gasteiger partial charge is 0.161 e. The van der Waals surface area contributed by atoms with Crippen LogP contribution >= 0.6 is 0 Å². The van der Waals surface area contributed by atoms with Gasteiger partial charge in [0.2, 0.25) is 0 Å². The van der Waals surface area contributed by atoms with Crippen molar-refractivity contribution in [2.75, 3.05) is 12.8 Å². The Morgan fingerprint density at radius 2 is 1.76 bits per heavy atom. The highest BCUT2D eigenvalue weighted by Crippen LogP contribution is 2.35. The first-order valence-corrected chi connectivity index (χ1v) is 7.68. The first kappa shape index (κ1) is 16.3. The van der Waals surface area contributed by atoms with Gasteiger partial charge in [0.15, 0.2) is 11.5 Å². The van der Waals surface area contributed by atoms with Gasteiger partial charge in [-0.3, -0.25) is 0 Å². The first-order valence-electron chi connectivity index (χ1n) is 7.68. The van der Waals surface area contributed by atoms with E-state index in [9.17, 15) is 10.4 Å². The van der Waals surface area contributed by atoms with Gasteiger partial charge in [0.1, 0.15) is 17.5 Å². The minimum absolute atomic E-state index is 0.0329. The maximum Gasteiger partial charge on any atom is 0.161 e. The number of aryl methyl sites for hydroxylation is 1. The van der Waals surface area contributed by atoms with E-state index in [0.717, 1.165) is 11.1 Å². The molecule has 0 saturated heterocycles. The van der Waals surface area contributed by atoms with E-state index in [0.29, 0.717) is 28.1 Å². The molecule has 0 aliphatic heterocycles. The summed E-state index contributed by atoms with van der Waals surface area (Å²) in [5.41, 5.74) is 10.4. The van der Waals surface area contributed by atoms with Gasteiger partial charge < -0.3 is 15.6 Å². The normalized spacial score (nSPS) is 10.3. The summed E-state index contributed by atoms with van der Waals surface area (Å²) in [4.78, 5) is 4.36. The Labute approximate surface area is 146 Å². The number of nitrogen functional groups attached to an aromatic ring is 1. The molecule has 3 N–H and O–H groups in total. The molecule has 2 aromatic carbocycles. The summed E-state index contributed by atoms with van der Waals surface area (Å²) in [5, 5.41) is 19.3. The molecule has 1 heterocycles. The summed E-state index contributed by atoms with van der Waals surface area (Å²) in [6.45, 7) is 2.01. The maximum absolute atomic E-state index is 9.79. The first-order chi connectivity index (χ1) is 12.0. The van der Waals surface area contributed by atoms with Gasteiger partial charge in [0, 0.05) is 11.1 Å². The van der Waals surface area contributed by atoms with Crippen molar-refractivity contribution in [3.8, 4) is 40.0 Å². The fourth-order valence-corrected chi connectivity index (χ4v) is 2.63. The molecule has 5 heteroatoms. The van der Waals surface area contributed by atoms with Crippen LogP contribution in [-0.4, -0.2) is 17.2 Å². The van der Waals surface area contributed by atoms with Crippen molar-refractivity contribution in [1.82, 2.24) is 4.98 Å². The molecule has 0 unspecified atom stereocenters. The SMILES string of the molecule is COc1cc(-c2cc(-c3ccc(C)cc3)nc(N)c2C#N)ccc1O. The van der Waals surface area contributed by atoms with Crippen LogP contribution in [0.1, 0.15) is 11.1 Å². The number of aromatic nitrogens is 1. The molecule has 1 aromatic heterocycles. The number of ether oxygens (including phenoxy) is 1.